The Balaban J connectivity index is 2.52. The van der Waals surface area contributed by atoms with Crippen molar-refractivity contribution >= 4 is 0 Å². The molecule has 13 heavy (non-hydrogen) atoms. The van der Waals surface area contributed by atoms with Gasteiger partial charge < -0.3 is 11.1 Å². The molecular formula is C11H24N2. The van der Waals surface area contributed by atoms with Crippen LogP contribution in [0, 0.1) is 5.41 Å². The first kappa shape index (κ1) is 11.0. The lowest BCUT2D eigenvalue weighted by molar-refractivity contribution is 0.141. The molecule has 1 aliphatic carbocycles. The molecule has 1 aliphatic rings. The van der Waals surface area contributed by atoms with E-state index in [0.717, 1.165) is 13.1 Å². The van der Waals surface area contributed by atoms with Gasteiger partial charge in [-0.2, -0.15) is 0 Å². The molecule has 0 heterocycles. The van der Waals surface area contributed by atoms with Crippen molar-refractivity contribution in [3.63, 3.8) is 0 Å². The third-order valence-corrected chi connectivity index (χ3v) is 3.50. The summed E-state index contributed by atoms with van der Waals surface area (Å²) in [6, 6.07) is 0. The molecule has 0 aromatic rings. The third kappa shape index (κ3) is 2.68. The largest absolute Gasteiger partial charge is 0.329 e. The van der Waals surface area contributed by atoms with Gasteiger partial charge in [0.25, 0.3) is 0 Å². The van der Waals surface area contributed by atoms with Crippen molar-refractivity contribution in [3.8, 4) is 0 Å². The highest BCUT2D eigenvalue weighted by Gasteiger charge is 2.36. The predicted molar refractivity (Wildman–Crippen MR) is 57.7 cm³/mol. The second-order valence-electron chi connectivity index (χ2n) is 5.18. The van der Waals surface area contributed by atoms with Crippen LogP contribution in [0.1, 0.15) is 46.5 Å². The van der Waals surface area contributed by atoms with Gasteiger partial charge in [0.05, 0.1) is 0 Å². The van der Waals surface area contributed by atoms with Crippen molar-refractivity contribution in [2.75, 3.05) is 13.1 Å². The van der Waals surface area contributed by atoms with Gasteiger partial charge in [0, 0.05) is 12.1 Å². The van der Waals surface area contributed by atoms with Gasteiger partial charge in [-0.3, -0.25) is 0 Å². The fraction of sp³-hybridized carbons (Fsp3) is 1.00. The summed E-state index contributed by atoms with van der Waals surface area (Å²) in [7, 11) is 0. The lowest BCUT2D eigenvalue weighted by Gasteiger charge is -2.43. The predicted octanol–water partition coefficient (Wildman–Crippen LogP) is 1.89. The van der Waals surface area contributed by atoms with Crippen molar-refractivity contribution in [2.45, 2.75) is 52.0 Å². The highest BCUT2D eigenvalue weighted by molar-refractivity contribution is 4.95. The molecular weight excluding hydrogens is 160 g/mol. The van der Waals surface area contributed by atoms with Gasteiger partial charge in [-0.1, -0.05) is 20.8 Å². The van der Waals surface area contributed by atoms with Crippen LogP contribution in [0.3, 0.4) is 0 Å². The molecule has 0 spiro atoms. The Kier molecular flexibility index (Phi) is 3.36. The molecule has 0 aliphatic heterocycles. The number of likely N-dealkylation sites (N-methyl/N-ethyl adjacent to an activating group) is 1. The van der Waals surface area contributed by atoms with E-state index in [1.165, 1.54) is 25.7 Å². The van der Waals surface area contributed by atoms with Crippen LogP contribution in [-0.2, 0) is 0 Å². The van der Waals surface area contributed by atoms with E-state index in [-0.39, 0.29) is 5.54 Å². The molecule has 0 aromatic carbocycles. The summed E-state index contributed by atoms with van der Waals surface area (Å²) in [5, 5.41) is 3.56. The highest BCUT2D eigenvalue weighted by atomic mass is 15.0. The van der Waals surface area contributed by atoms with Gasteiger partial charge >= 0.3 is 0 Å². The molecule has 0 saturated heterocycles. The van der Waals surface area contributed by atoms with Gasteiger partial charge in [-0.25, -0.2) is 0 Å². The fourth-order valence-electron chi connectivity index (χ4n) is 2.23. The molecule has 1 fully saturated rings. The topological polar surface area (TPSA) is 38.0 Å². The van der Waals surface area contributed by atoms with E-state index >= 15 is 0 Å². The van der Waals surface area contributed by atoms with Crippen LogP contribution in [0.5, 0.6) is 0 Å². The Labute approximate surface area is 82.3 Å². The Hall–Kier alpha value is -0.0800. The summed E-state index contributed by atoms with van der Waals surface area (Å²) < 4.78 is 0. The average molecular weight is 184 g/mol. The lowest BCUT2D eigenvalue weighted by Crippen LogP contribution is -2.54. The van der Waals surface area contributed by atoms with E-state index in [4.69, 9.17) is 5.73 Å². The summed E-state index contributed by atoms with van der Waals surface area (Å²) in [4.78, 5) is 0. The zero-order valence-corrected chi connectivity index (χ0v) is 9.32. The molecule has 2 heteroatoms. The lowest BCUT2D eigenvalue weighted by atomic mass is 9.69. The molecule has 0 aromatic heterocycles. The molecule has 2 nitrogen and oxygen atoms in total. The minimum absolute atomic E-state index is 0.254. The maximum atomic E-state index is 5.85. The highest BCUT2D eigenvalue weighted by Crippen LogP contribution is 2.39. The second-order valence-corrected chi connectivity index (χ2v) is 5.18. The van der Waals surface area contributed by atoms with E-state index in [0.29, 0.717) is 5.41 Å². The summed E-state index contributed by atoms with van der Waals surface area (Å²) in [5.41, 5.74) is 6.64. The number of nitrogens with two attached hydrogens (primary N) is 1. The van der Waals surface area contributed by atoms with Crippen LogP contribution < -0.4 is 11.1 Å². The van der Waals surface area contributed by atoms with Gasteiger partial charge in [-0.15, -0.1) is 0 Å². The molecule has 0 atom stereocenters. The summed E-state index contributed by atoms with van der Waals surface area (Å²) in [6.07, 6.45) is 5.09. The van der Waals surface area contributed by atoms with Crippen LogP contribution in [0.25, 0.3) is 0 Å². The van der Waals surface area contributed by atoms with Crippen molar-refractivity contribution in [2.24, 2.45) is 11.1 Å². The molecule has 3 N–H and O–H groups in total. The van der Waals surface area contributed by atoms with Gasteiger partial charge in [0.1, 0.15) is 0 Å². The van der Waals surface area contributed by atoms with Crippen LogP contribution in [0.15, 0.2) is 0 Å². The first-order valence-corrected chi connectivity index (χ1v) is 5.49. The Morgan fingerprint density at radius 1 is 1.15 bits per heavy atom. The van der Waals surface area contributed by atoms with Crippen molar-refractivity contribution in [1.29, 1.82) is 0 Å². The first-order chi connectivity index (χ1) is 6.04. The number of nitrogens with one attached hydrogen (secondary N) is 1. The number of rotatable bonds is 3. The standard InChI is InChI=1S/C11H24N2/c1-4-13-11(9-12)7-5-10(2,3)6-8-11/h13H,4-9,12H2,1-3H3. The van der Waals surface area contributed by atoms with Crippen LogP contribution >= 0.6 is 0 Å². The first-order valence-electron chi connectivity index (χ1n) is 5.49. The minimum atomic E-state index is 0.254. The Morgan fingerprint density at radius 2 is 1.69 bits per heavy atom. The summed E-state index contributed by atoms with van der Waals surface area (Å²) >= 11 is 0. The molecule has 0 bridgehead atoms. The van der Waals surface area contributed by atoms with E-state index in [1.54, 1.807) is 0 Å². The molecule has 0 unspecified atom stereocenters. The van der Waals surface area contributed by atoms with Crippen molar-refractivity contribution < 1.29 is 0 Å². The molecule has 1 rings (SSSR count). The third-order valence-electron chi connectivity index (χ3n) is 3.50. The van der Waals surface area contributed by atoms with Crippen LogP contribution in [0.2, 0.25) is 0 Å². The zero-order chi connectivity index (χ0) is 9.95. The van der Waals surface area contributed by atoms with Crippen LogP contribution in [-0.4, -0.2) is 18.6 Å². The van der Waals surface area contributed by atoms with Gasteiger partial charge in [0.15, 0.2) is 0 Å². The molecule has 1 saturated carbocycles. The monoisotopic (exact) mass is 184 g/mol. The quantitative estimate of drug-likeness (QED) is 0.703. The van der Waals surface area contributed by atoms with Gasteiger partial charge in [0.2, 0.25) is 0 Å². The summed E-state index contributed by atoms with van der Waals surface area (Å²) in [5.74, 6) is 0. The van der Waals surface area contributed by atoms with Crippen LogP contribution in [0.4, 0.5) is 0 Å². The molecule has 0 radical (unpaired) electrons. The molecule has 0 amide bonds. The smallest absolute Gasteiger partial charge is 0.0304 e. The Bertz CT molecular complexity index is 153. The maximum absolute atomic E-state index is 5.85. The maximum Gasteiger partial charge on any atom is 0.0304 e. The average Bonchev–Trinajstić information content (AvgIpc) is 2.10. The van der Waals surface area contributed by atoms with E-state index in [9.17, 15) is 0 Å². The van der Waals surface area contributed by atoms with E-state index in [1.807, 2.05) is 0 Å². The number of hydrogen-bond donors (Lipinski definition) is 2. The van der Waals surface area contributed by atoms with Crippen molar-refractivity contribution in [3.05, 3.63) is 0 Å². The molecule has 78 valence electrons. The van der Waals surface area contributed by atoms with Crippen molar-refractivity contribution in [1.82, 2.24) is 5.32 Å². The minimum Gasteiger partial charge on any atom is -0.329 e. The summed E-state index contributed by atoms with van der Waals surface area (Å²) in [6.45, 7) is 8.71. The van der Waals surface area contributed by atoms with Gasteiger partial charge in [-0.05, 0) is 37.6 Å². The normalized spacial score (nSPS) is 25.8. The zero-order valence-electron chi connectivity index (χ0n) is 9.32. The fourth-order valence-corrected chi connectivity index (χ4v) is 2.23. The van der Waals surface area contributed by atoms with E-state index < -0.39 is 0 Å². The number of hydrogen-bond acceptors (Lipinski definition) is 2. The SMILES string of the molecule is CCNC1(CN)CCC(C)(C)CC1. The Morgan fingerprint density at radius 3 is 2.08 bits per heavy atom. The second kappa shape index (κ2) is 3.97. The van der Waals surface area contributed by atoms with E-state index in [2.05, 4.69) is 26.1 Å².